The van der Waals surface area contributed by atoms with Crippen LogP contribution in [-0.2, 0) is 0 Å². The Labute approximate surface area is 116 Å². The topological polar surface area (TPSA) is 42.3 Å². The summed E-state index contributed by atoms with van der Waals surface area (Å²) >= 11 is 0. The zero-order valence-electron chi connectivity index (χ0n) is 12.1. The molecule has 0 amide bonds. The molecule has 0 bridgehead atoms. The Balaban J connectivity index is 1.59. The van der Waals surface area contributed by atoms with Gasteiger partial charge in [-0.2, -0.15) is 5.26 Å². The van der Waals surface area contributed by atoms with Crippen molar-refractivity contribution in [3.8, 4) is 6.07 Å². The fourth-order valence-corrected chi connectivity index (χ4v) is 3.67. The lowest BCUT2D eigenvalue weighted by Gasteiger charge is -2.32. The molecule has 2 unspecified atom stereocenters. The predicted molar refractivity (Wildman–Crippen MR) is 75.8 cm³/mol. The highest BCUT2D eigenvalue weighted by Crippen LogP contribution is 2.25. The zero-order valence-corrected chi connectivity index (χ0v) is 12.1. The molecule has 0 spiro atoms. The van der Waals surface area contributed by atoms with Crippen molar-refractivity contribution in [2.45, 2.75) is 56.7 Å². The van der Waals surface area contributed by atoms with E-state index < -0.39 is 0 Å². The highest BCUT2D eigenvalue weighted by molar-refractivity contribution is 5.09. The van der Waals surface area contributed by atoms with Gasteiger partial charge in [-0.3, -0.25) is 15.1 Å². The van der Waals surface area contributed by atoms with Crippen molar-refractivity contribution in [1.29, 1.82) is 5.26 Å². The molecule has 2 atom stereocenters. The quantitative estimate of drug-likeness (QED) is 0.826. The van der Waals surface area contributed by atoms with Gasteiger partial charge >= 0.3 is 0 Å². The highest BCUT2D eigenvalue weighted by atomic mass is 15.3. The van der Waals surface area contributed by atoms with Crippen LogP contribution in [0, 0.1) is 11.3 Å². The summed E-state index contributed by atoms with van der Waals surface area (Å²) in [7, 11) is 0. The number of nitrogens with one attached hydrogen (secondary N) is 1. The van der Waals surface area contributed by atoms with Crippen molar-refractivity contribution in [2.75, 3.05) is 32.7 Å². The van der Waals surface area contributed by atoms with Crippen molar-refractivity contribution in [3.63, 3.8) is 0 Å². The van der Waals surface area contributed by atoms with Gasteiger partial charge in [0.1, 0.15) is 5.54 Å². The summed E-state index contributed by atoms with van der Waals surface area (Å²) < 4.78 is 0. The molecule has 2 aliphatic heterocycles. The third kappa shape index (κ3) is 3.28. The van der Waals surface area contributed by atoms with E-state index in [2.05, 4.69) is 28.1 Å². The first-order valence-electron chi connectivity index (χ1n) is 7.84. The molecule has 3 aliphatic rings. The van der Waals surface area contributed by atoms with Gasteiger partial charge in [0.2, 0.25) is 0 Å². The minimum absolute atomic E-state index is 0.366. The fraction of sp³-hybridized carbons (Fsp3) is 0.933. The second-order valence-electron chi connectivity index (χ2n) is 6.78. The van der Waals surface area contributed by atoms with E-state index in [4.69, 9.17) is 0 Å². The average Bonchev–Trinajstić information content (AvgIpc) is 3.13. The minimum atomic E-state index is -0.366. The van der Waals surface area contributed by atoms with Gasteiger partial charge in [0.15, 0.2) is 0 Å². The minimum Gasteiger partial charge on any atom is -0.299 e. The van der Waals surface area contributed by atoms with Crippen LogP contribution in [0.4, 0.5) is 0 Å². The molecule has 0 aromatic heterocycles. The fourth-order valence-electron chi connectivity index (χ4n) is 3.67. The van der Waals surface area contributed by atoms with Gasteiger partial charge in [0.25, 0.3) is 0 Å². The molecule has 3 rings (SSSR count). The van der Waals surface area contributed by atoms with E-state index in [0.29, 0.717) is 6.04 Å². The molecule has 106 valence electrons. The van der Waals surface area contributed by atoms with Crippen LogP contribution in [-0.4, -0.2) is 60.1 Å². The van der Waals surface area contributed by atoms with Gasteiger partial charge in [-0.15, -0.1) is 0 Å². The van der Waals surface area contributed by atoms with Gasteiger partial charge in [-0.25, -0.2) is 0 Å². The Morgan fingerprint density at radius 2 is 2.00 bits per heavy atom. The van der Waals surface area contributed by atoms with Crippen LogP contribution in [0.25, 0.3) is 0 Å². The smallest absolute Gasteiger partial charge is 0.116 e. The molecule has 1 N–H and O–H groups in total. The SMILES string of the molecule is CC(C#N)(CN1CCCN2CCCC2C1)NC1CC1. The summed E-state index contributed by atoms with van der Waals surface area (Å²) in [6, 6.07) is 3.85. The lowest BCUT2D eigenvalue weighted by molar-refractivity contribution is 0.191. The molecule has 19 heavy (non-hydrogen) atoms. The standard InChI is InChI=1S/C15H26N4/c1-15(11-16,17-13-5-6-13)12-18-7-3-9-19-8-2-4-14(19)10-18/h13-14,17H,2-10,12H2,1H3. The molecule has 1 saturated carbocycles. The second-order valence-corrected chi connectivity index (χ2v) is 6.78. The van der Waals surface area contributed by atoms with Crippen LogP contribution < -0.4 is 5.32 Å². The van der Waals surface area contributed by atoms with Gasteiger partial charge in [-0.05, 0) is 58.7 Å². The van der Waals surface area contributed by atoms with Crippen molar-refractivity contribution < 1.29 is 0 Å². The molecule has 2 heterocycles. The lowest BCUT2D eigenvalue weighted by atomic mass is 10.0. The van der Waals surface area contributed by atoms with Crippen LogP contribution in [0.5, 0.6) is 0 Å². The number of nitriles is 1. The monoisotopic (exact) mass is 262 g/mol. The third-order valence-electron chi connectivity index (χ3n) is 4.77. The molecule has 0 aromatic rings. The maximum atomic E-state index is 9.50. The van der Waals surface area contributed by atoms with Crippen LogP contribution in [0.15, 0.2) is 0 Å². The Morgan fingerprint density at radius 1 is 1.21 bits per heavy atom. The zero-order chi connectivity index (χ0) is 13.3. The van der Waals surface area contributed by atoms with E-state index in [1.165, 1.54) is 45.2 Å². The van der Waals surface area contributed by atoms with Gasteiger partial charge in [0.05, 0.1) is 6.07 Å². The lowest BCUT2D eigenvalue weighted by Crippen LogP contribution is -2.52. The van der Waals surface area contributed by atoms with Crippen LogP contribution in [0.3, 0.4) is 0 Å². The Morgan fingerprint density at radius 3 is 2.74 bits per heavy atom. The number of hydrogen-bond donors (Lipinski definition) is 1. The van der Waals surface area contributed by atoms with Crippen molar-refractivity contribution in [1.82, 2.24) is 15.1 Å². The van der Waals surface area contributed by atoms with Crippen molar-refractivity contribution in [3.05, 3.63) is 0 Å². The van der Waals surface area contributed by atoms with Gasteiger partial charge in [0, 0.05) is 25.2 Å². The first-order chi connectivity index (χ1) is 9.18. The summed E-state index contributed by atoms with van der Waals surface area (Å²) in [5.41, 5.74) is -0.366. The normalized spacial score (nSPS) is 32.3. The van der Waals surface area contributed by atoms with Gasteiger partial charge in [-0.1, -0.05) is 0 Å². The van der Waals surface area contributed by atoms with Crippen LogP contribution in [0.2, 0.25) is 0 Å². The summed E-state index contributed by atoms with van der Waals surface area (Å²) in [6.45, 7) is 7.79. The Bertz CT molecular complexity index is 360. The molecular formula is C15H26N4. The van der Waals surface area contributed by atoms with Gasteiger partial charge < -0.3 is 0 Å². The van der Waals surface area contributed by atoms with E-state index in [1.54, 1.807) is 0 Å². The molecule has 4 heteroatoms. The van der Waals surface area contributed by atoms with Crippen molar-refractivity contribution >= 4 is 0 Å². The molecule has 1 aliphatic carbocycles. The molecule has 3 fully saturated rings. The average molecular weight is 262 g/mol. The number of nitrogens with zero attached hydrogens (tertiary/aromatic N) is 3. The first-order valence-corrected chi connectivity index (χ1v) is 7.84. The predicted octanol–water partition coefficient (Wildman–Crippen LogP) is 1.19. The van der Waals surface area contributed by atoms with E-state index >= 15 is 0 Å². The first kappa shape index (κ1) is 13.4. The maximum Gasteiger partial charge on any atom is 0.116 e. The third-order valence-corrected chi connectivity index (χ3v) is 4.77. The summed E-state index contributed by atoms with van der Waals surface area (Å²) in [6.07, 6.45) is 6.44. The van der Waals surface area contributed by atoms with E-state index in [1.807, 2.05) is 0 Å². The van der Waals surface area contributed by atoms with Crippen molar-refractivity contribution in [2.24, 2.45) is 0 Å². The van der Waals surface area contributed by atoms with Crippen LogP contribution in [0.1, 0.15) is 39.0 Å². The largest absolute Gasteiger partial charge is 0.299 e. The number of rotatable bonds is 4. The molecule has 0 radical (unpaired) electrons. The second kappa shape index (κ2) is 5.40. The number of hydrogen-bond acceptors (Lipinski definition) is 4. The molecule has 4 nitrogen and oxygen atoms in total. The molecule has 2 saturated heterocycles. The Hall–Kier alpha value is -0.630. The van der Waals surface area contributed by atoms with E-state index in [0.717, 1.165) is 25.7 Å². The summed E-state index contributed by atoms with van der Waals surface area (Å²) in [5.74, 6) is 0. The summed E-state index contributed by atoms with van der Waals surface area (Å²) in [4.78, 5) is 5.17. The maximum absolute atomic E-state index is 9.50. The number of fused-ring (bicyclic) bond motifs is 1. The van der Waals surface area contributed by atoms with Crippen LogP contribution >= 0.6 is 0 Å². The molecule has 0 aromatic carbocycles. The summed E-state index contributed by atoms with van der Waals surface area (Å²) in [5, 5.41) is 13.0. The Kier molecular flexibility index (Phi) is 3.79. The highest BCUT2D eigenvalue weighted by Gasteiger charge is 2.36. The van der Waals surface area contributed by atoms with E-state index in [9.17, 15) is 5.26 Å². The molecular weight excluding hydrogens is 236 g/mol. The van der Waals surface area contributed by atoms with E-state index in [-0.39, 0.29) is 5.54 Å².